The standard InChI is InChI=1S/C8H10N2O4S/c1-15(13,14)10-6-2-5(8(9)12)3-7(11)4-6/h2-4,10-11H,1H3,(H2,9,12). The van der Waals surface area contributed by atoms with Crippen LogP contribution >= 0.6 is 0 Å². The Bertz CT molecular complexity index is 495. The first kappa shape index (κ1) is 11.3. The van der Waals surface area contributed by atoms with E-state index in [9.17, 15) is 18.3 Å². The molecule has 0 spiro atoms. The van der Waals surface area contributed by atoms with Crippen LogP contribution in [0, 0.1) is 0 Å². The average molecular weight is 230 g/mol. The van der Waals surface area contributed by atoms with Crippen LogP contribution in [0.2, 0.25) is 0 Å². The lowest BCUT2D eigenvalue weighted by atomic mass is 10.2. The maximum atomic E-state index is 10.9. The number of nitrogens with two attached hydrogens (primary N) is 1. The summed E-state index contributed by atoms with van der Waals surface area (Å²) in [5.41, 5.74) is 5.11. The molecular formula is C8H10N2O4S. The highest BCUT2D eigenvalue weighted by molar-refractivity contribution is 7.92. The van der Waals surface area contributed by atoms with Crippen molar-refractivity contribution in [3.05, 3.63) is 23.8 Å². The summed E-state index contributed by atoms with van der Waals surface area (Å²) >= 11 is 0. The highest BCUT2D eigenvalue weighted by atomic mass is 32.2. The molecule has 1 aromatic rings. The van der Waals surface area contributed by atoms with Gasteiger partial charge < -0.3 is 10.8 Å². The zero-order chi connectivity index (χ0) is 11.6. The lowest BCUT2D eigenvalue weighted by Crippen LogP contribution is -2.13. The molecule has 0 bridgehead atoms. The minimum absolute atomic E-state index is 0.0288. The number of benzene rings is 1. The predicted molar refractivity (Wildman–Crippen MR) is 55.1 cm³/mol. The van der Waals surface area contributed by atoms with Crippen molar-refractivity contribution in [2.24, 2.45) is 5.73 Å². The number of anilines is 1. The first-order chi connectivity index (χ1) is 6.78. The summed E-state index contributed by atoms with van der Waals surface area (Å²) in [7, 11) is -3.45. The molecular weight excluding hydrogens is 220 g/mol. The molecule has 6 nitrogen and oxygen atoms in total. The molecule has 0 saturated heterocycles. The number of primary amides is 1. The fourth-order valence-corrected chi connectivity index (χ4v) is 1.57. The summed E-state index contributed by atoms with van der Waals surface area (Å²) in [5, 5.41) is 9.20. The van der Waals surface area contributed by atoms with Crippen molar-refractivity contribution in [1.29, 1.82) is 0 Å². The van der Waals surface area contributed by atoms with Crippen LogP contribution in [0.3, 0.4) is 0 Å². The second-order valence-electron chi connectivity index (χ2n) is 3.01. The van der Waals surface area contributed by atoms with Crippen LogP contribution in [0.1, 0.15) is 10.4 Å². The maximum Gasteiger partial charge on any atom is 0.248 e. The lowest BCUT2D eigenvalue weighted by Gasteiger charge is -2.05. The van der Waals surface area contributed by atoms with Gasteiger partial charge in [0.05, 0.1) is 11.9 Å². The summed E-state index contributed by atoms with van der Waals surface area (Å²) in [6.45, 7) is 0. The van der Waals surface area contributed by atoms with E-state index in [1.165, 1.54) is 12.1 Å². The van der Waals surface area contributed by atoms with Gasteiger partial charge in [-0.25, -0.2) is 8.42 Å². The van der Waals surface area contributed by atoms with Crippen molar-refractivity contribution in [2.45, 2.75) is 0 Å². The number of hydrogen-bond donors (Lipinski definition) is 3. The zero-order valence-corrected chi connectivity index (χ0v) is 8.71. The van der Waals surface area contributed by atoms with Crippen molar-refractivity contribution in [2.75, 3.05) is 11.0 Å². The van der Waals surface area contributed by atoms with E-state index >= 15 is 0 Å². The number of carbonyl (C=O) groups is 1. The van der Waals surface area contributed by atoms with Gasteiger partial charge in [-0.3, -0.25) is 9.52 Å². The summed E-state index contributed by atoms with van der Waals surface area (Å²) < 4.78 is 23.9. The number of phenolic OH excluding ortho intramolecular Hbond substituents is 1. The Hall–Kier alpha value is -1.76. The largest absolute Gasteiger partial charge is 0.508 e. The van der Waals surface area contributed by atoms with Crippen molar-refractivity contribution >= 4 is 21.6 Å². The van der Waals surface area contributed by atoms with Gasteiger partial charge in [0.25, 0.3) is 0 Å². The Morgan fingerprint density at radius 1 is 1.40 bits per heavy atom. The van der Waals surface area contributed by atoms with E-state index in [0.29, 0.717) is 0 Å². The number of carbonyl (C=O) groups excluding carboxylic acids is 1. The van der Waals surface area contributed by atoms with E-state index in [1.807, 2.05) is 0 Å². The topological polar surface area (TPSA) is 109 Å². The van der Waals surface area contributed by atoms with Gasteiger partial charge in [0.1, 0.15) is 5.75 Å². The molecule has 15 heavy (non-hydrogen) atoms. The second-order valence-corrected chi connectivity index (χ2v) is 4.76. The molecule has 0 atom stereocenters. The monoisotopic (exact) mass is 230 g/mol. The Balaban J connectivity index is 3.15. The van der Waals surface area contributed by atoms with Crippen LogP contribution in [0.5, 0.6) is 5.75 Å². The van der Waals surface area contributed by atoms with Crippen molar-refractivity contribution in [1.82, 2.24) is 0 Å². The number of aromatic hydroxyl groups is 1. The quantitative estimate of drug-likeness (QED) is 0.671. The second kappa shape index (κ2) is 3.77. The lowest BCUT2D eigenvalue weighted by molar-refractivity contribution is 0.1000. The average Bonchev–Trinajstić information content (AvgIpc) is 1.99. The fourth-order valence-electron chi connectivity index (χ4n) is 1.03. The number of nitrogens with one attached hydrogen (secondary N) is 1. The van der Waals surface area contributed by atoms with Crippen molar-refractivity contribution < 1.29 is 18.3 Å². The number of phenols is 1. The maximum absolute atomic E-state index is 10.9. The number of rotatable bonds is 3. The first-order valence-electron chi connectivity index (χ1n) is 3.89. The minimum Gasteiger partial charge on any atom is -0.508 e. The highest BCUT2D eigenvalue weighted by Crippen LogP contribution is 2.20. The van der Waals surface area contributed by atoms with Gasteiger partial charge in [0.15, 0.2) is 0 Å². The van der Waals surface area contributed by atoms with Gasteiger partial charge in [0, 0.05) is 11.6 Å². The third kappa shape index (κ3) is 3.47. The van der Waals surface area contributed by atoms with Gasteiger partial charge in [0.2, 0.25) is 15.9 Å². The van der Waals surface area contributed by atoms with Gasteiger partial charge in [-0.1, -0.05) is 0 Å². The van der Waals surface area contributed by atoms with Crippen LogP contribution in [0.4, 0.5) is 5.69 Å². The summed E-state index contributed by atoms with van der Waals surface area (Å²) in [4.78, 5) is 10.8. The Labute approximate surface area is 86.8 Å². The third-order valence-electron chi connectivity index (χ3n) is 1.51. The molecule has 0 aliphatic carbocycles. The molecule has 0 aromatic heterocycles. The molecule has 82 valence electrons. The predicted octanol–water partition coefficient (Wildman–Crippen LogP) is -0.137. The van der Waals surface area contributed by atoms with Gasteiger partial charge in [-0.15, -0.1) is 0 Å². The molecule has 0 aliphatic heterocycles. The van der Waals surface area contributed by atoms with Crippen LogP contribution in [-0.4, -0.2) is 25.7 Å². The van der Waals surface area contributed by atoms with E-state index in [1.54, 1.807) is 0 Å². The summed E-state index contributed by atoms with van der Waals surface area (Å²) in [5.74, 6) is -0.986. The number of amides is 1. The summed E-state index contributed by atoms with van der Waals surface area (Å²) in [6, 6.07) is 3.56. The van der Waals surface area contributed by atoms with E-state index in [4.69, 9.17) is 5.73 Å². The minimum atomic E-state index is -3.45. The molecule has 7 heteroatoms. The zero-order valence-electron chi connectivity index (χ0n) is 7.89. The van der Waals surface area contributed by atoms with E-state index in [0.717, 1.165) is 12.3 Å². The molecule has 4 N–H and O–H groups in total. The molecule has 0 aliphatic rings. The molecule has 1 amide bonds. The highest BCUT2D eigenvalue weighted by Gasteiger charge is 2.07. The molecule has 0 radical (unpaired) electrons. The molecule has 0 unspecified atom stereocenters. The van der Waals surface area contributed by atoms with Crippen LogP contribution in [0.25, 0.3) is 0 Å². The normalized spacial score (nSPS) is 11.0. The van der Waals surface area contributed by atoms with Gasteiger partial charge in [-0.2, -0.15) is 0 Å². The Morgan fingerprint density at radius 3 is 2.47 bits per heavy atom. The Kier molecular flexibility index (Phi) is 2.85. The van der Waals surface area contributed by atoms with Gasteiger partial charge >= 0.3 is 0 Å². The molecule has 0 heterocycles. The molecule has 1 rings (SSSR count). The first-order valence-corrected chi connectivity index (χ1v) is 5.79. The van der Waals surface area contributed by atoms with Crippen molar-refractivity contribution in [3.63, 3.8) is 0 Å². The van der Waals surface area contributed by atoms with E-state index in [2.05, 4.69) is 4.72 Å². The molecule has 0 fully saturated rings. The van der Waals surface area contributed by atoms with Crippen molar-refractivity contribution in [3.8, 4) is 5.75 Å². The third-order valence-corrected chi connectivity index (χ3v) is 2.11. The number of hydrogen-bond acceptors (Lipinski definition) is 4. The fraction of sp³-hybridized carbons (Fsp3) is 0.125. The van der Waals surface area contributed by atoms with E-state index in [-0.39, 0.29) is 17.0 Å². The SMILES string of the molecule is CS(=O)(=O)Nc1cc(O)cc(C(N)=O)c1. The van der Waals surface area contributed by atoms with Crippen LogP contribution in [0.15, 0.2) is 18.2 Å². The van der Waals surface area contributed by atoms with Crippen LogP contribution in [-0.2, 0) is 10.0 Å². The molecule has 1 aromatic carbocycles. The summed E-state index contributed by atoms with van der Waals surface area (Å²) in [6.07, 6.45) is 0.959. The smallest absolute Gasteiger partial charge is 0.248 e. The van der Waals surface area contributed by atoms with E-state index < -0.39 is 15.9 Å². The van der Waals surface area contributed by atoms with Gasteiger partial charge in [-0.05, 0) is 12.1 Å². The Morgan fingerprint density at radius 2 is 2.00 bits per heavy atom. The van der Waals surface area contributed by atoms with Crippen LogP contribution < -0.4 is 10.5 Å². The number of sulfonamides is 1. The molecule has 0 saturated carbocycles.